The number of carbonyl (C=O) groups is 1. The van der Waals surface area contributed by atoms with E-state index in [2.05, 4.69) is 15.2 Å². The number of amides is 1. The van der Waals surface area contributed by atoms with Gasteiger partial charge in [0.15, 0.2) is 5.69 Å². The molecular formula is C16H14N4O4. The van der Waals surface area contributed by atoms with Crippen LogP contribution < -0.4 is 11.3 Å². The Morgan fingerprint density at radius 1 is 1.25 bits per heavy atom. The number of hydrogen-bond acceptors (Lipinski definition) is 6. The summed E-state index contributed by atoms with van der Waals surface area (Å²) >= 11 is 0. The molecule has 24 heavy (non-hydrogen) atoms. The molecule has 2 aromatic rings. The van der Waals surface area contributed by atoms with E-state index in [1.165, 1.54) is 12.5 Å². The number of benzene rings is 1. The number of ether oxygens (including phenoxy) is 1. The van der Waals surface area contributed by atoms with Gasteiger partial charge < -0.3 is 15.6 Å². The monoisotopic (exact) mass is 326 g/mol. The van der Waals surface area contributed by atoms with Crippen LogP contribution in [0, 0.1) is 6.92 Å². The lowest BCUT2D eigenvalue weighted by Gasteiger charge is -2.06. The molecule has 0 radical (unpaired) electrons. The molecule has 1 aromatic heterocycles. The van der Waals surface area contributed by atoms with Crippen molar-refractivity contribution in [3.8, 4) is 5.88 Å². The third kappa shape index (κ3) is 2.28. The molecule has 2 fully saturated rings. The van der Waals surface area contributed by atoms with Crippen LogP contribution in [0.4, 0.5) is 11.4 Å². The van der Waals surface area contributed by atoms with Gasteiger partial charge in [-0.3, -0.25) is 14.6 Å². The van der Waals surface area contributed by atoms with Crippen LogP contribution in [-0.2, 0) is 4.74 Å². The molecule has 1 aromatic carbocycles. The second-order valence-corrected chi connectivity index (χ2v) is 5.90. The van der Waals surface area contributed by atoms with Gasteiger partial charge in [0.2, 0.25) is 5.88 Å². The number of nitrogens with one attached hydrogen (secondary N) is 1. The molecule has 1 aliphatic heterocycles. The number of rotatable bonds is 4. The molecule has 122 valence electrons. The molecule has 0 bridgehead atoms. The van der Waals surface area contributed by atoms with Crippen LogP contribution in [0.5, 0.6) is 5.88 Å². The van der Waals surface area contributed by atoms with Gasteiger partial charge in [0.05, 0.1) is 17.9 Å². The molecule has 1 saturated heterocycles. The maximum atomic E-state index is 11.9. The van der Waals surface area contributed by atoms with Gasteiger partial charge in [-0.2, -0.15) is 5.11 Å². The van der Waals surface area contributed by atoms with Gasteiger partial charge in [-0.1, -0.05) is 12.1 Å². The summed E-state index contributed by atoms with van der Waals surface area (Å²) < 4.78 is 5.24. The number of pyridine rings is 1. The first-order chi connectivity index (χ1) is 11.5. The highest BCUT2D eigenvalue weighted by molar-refractivity contribution is 5.97. The maximum Gasteiger partial charge on any atom is 0.278 e. The van der Waals surface area contributed by atoms with Crippen LogP contribution in [0.2, 0.25) is 0 Å². The molecule has 1 saturated carbocycles. The van der Waals surface area contributed by atoms with Gasteiger partial charge >= 0.3 is 0 Å². The van der Waals surface area contributed by atoms with E-state index in [1.807, 2.05) is 12.1 Å². The third-order valence-electron chi connectivity index (χ3n) is 4.33. The SMILES string of the molecule is Cc1c(C(N)=O)c(O)[nH]c(=O)c1N=Nc1ccc(C2C3OC32)cc1. The van der Waals surface area contributed by atoms with Gasteiger partial charge in [-0.25, -0.2) is 0 Å². The Morgan fingerprint density at radius 3 is 2.46 bits per heavy atom. The van der Waals surface area contributed by atoms with Crippen molar-refractivity contribution in [2.45, 2.75) is 25.0 Å². The summed E-state index contributed by atoms with van der Waals surface area (Å²) in [6.45, 7) is 1.48. The summed E-state index contributed by atoms with van der Waals surface area (Å²) in [5.74, 6) is -0.929. The number of azo groups is 1. The second kappa shape index (κ2) is 5.00. The van der Waals surface area contributed by atoms with Gasteiger partial charge in [0.1, 0.15) is 5.56 Å². The fourth-order valence-corrected chi connectivity index (χ4v) is 2.84. The maximum absolute atomic E-state index is 11.9. The number of hydrogen-bond donors (Lipinski definition) is 3. The molecule has 2 unspecified atom stereocenters. The van der Waals surface area contributed by atoms with Crippen molar-refractivity contribution in [3.05, 3.63) is 51.3 Å². The Kier molecular flexibility index (Phi) is 3.04. The molecule has 8 heteroatoms. The number of aromatic nitrogens is 1. The van der Waals surface area contributed by atoms with Crippen LogP contribution >= 0.6 is 0 Å². The number of nitrogens with zero attached hydrogens (tertiary/aromatic N) is 2. The van der Waals surface area contributed by atoms with Crippen molar-refractivity contribution in [2.75, 3.05) is 0 Å². The van der Waals surface area contributed by atoms with Gasteiger partial charge in [-0.15, -0.1) is 5.11 Å². The molecule has 8 nitrogen and oxygen atoms in total. The minimum Gasteiger partial charge on any atom is -0.494 e. The van der Waals surface area contributed by atoms with Crippen molar-refractivity contribution in [1.29, 1.82) is 0 Å². The number of aromatic hydroxyl groups is 1. The molecule has 4 rings (SSSR count). The van der Waals surface area contributed by atoms with E-state index in [0.717, 1.165) is 0 Å². The van der Waals surface area contributed by atoms with Crippen molar-refractivity contribution < 1.29 is 14.6 Å². The van der Waals surface area contributed by atoms with Gasteiger partial charge in [0.25, 0.3) is 11.5 Å². The third-order valence-corrected chi connectivity index (χ3v) is 4.33. The van der Waals surface area contributed by atoms with E-state index in [-0.39, 0.29) is 16.8 Å². The zero-order valence-electron chi connectivity index (χ0n) is 12.7. The molecule has 2 aliphatic rings. The topological polar surface area (TPSA) is 133 Å². The van der Waals surface area contributed by atoms with Crippen LogP contribution in [0.25, 0.3) is 0 Å². The zero-order valence-corrected chi connectivity index (χ0v) is 12.7. The predicted octanol–water partition coefficient (Wildman–Crippen LogP) is 1.77. The quantitative estimate of drug-likeness (QED) is 0.583. The lowest BCUT2D eigenvalue weighted by molar-refractivity contribution is 0.0996. The minimum absolute atomic E-state index is 0.0671. The average molecular weight is 326 g/mol. The highest BCUT2D eigenvalue weighted by atomic mass is 16.6. The smallest absolute Gasteiger partial charge is 0.278 e. The highest BCUT2D eigenvalue weighted by Gasteiger charge is 2.68. The summed E-state index contributed by atoms with van der Waals surface area (Å²) in [5.41, 5.74) is 6.26. The summed E-state index contributed by atoms with van der Waals surface area (Å²) in [4.78, 5) is 25.4. The van der Waals surface area contributed by atoms with Crippen LogP contribution in [0.3, 0.4) is 0 Å². The second-order valence-electron chi connectivity index (χ2n) is 5.90. The largest absolute Gasteiger partial charge is 0.494 e. The number of epoxide rings is 1. The minimum atomic E-state index is -0.854. The predicted molar refractivity (Wildman–Crippen MR) is 84.0 cm³/mol. The summed E-state index contributed by atoms with van der Waals surface area (Å²) in [5, 5.41) is 17.6. The first kappa shape index (κ1) is 14.6. The molecular weight excluding hydrogens is 312 g/mol. The van der Waals surface area contributed by atoms with E-state index in [4.69, 9.17) is 10.5 Å². The van der Waals surface area contributed by atoms with Crippen LogP contribution in [0.1, 0.15) is 27.4 Å². The summed E-state index contributed by atoms with van der Waals surface area (Å²) in [6, 6.07) is 7.51. The van der Waals surface area contributed by atoms with Gasteiger partial charge in [0, 0.05) is 11.5 Å². The van der Waals surface area contributed by atoms with Crippen molar-refractivity contribution in [1.82, 2.24) is 4.98 Å². The van der Waals surface area contributed by atoms with Crippen LogP contribution in [0.15, 0.2) is 39.3 Å². The van der Waals surface area contributed by atoms with Crippen molar-refractivity contribution in [3.63, 3.8) is 0 Å². The first-order valence-electron chi connectivity index (χ1n) is 7.40. The Labute approximate surface area is 136 Å². The number of aromatic amines is 1. The Hall–Kier alpha value is -3.00. The number of H-pyrrole nitrogens is 1. The van der Waals surface area contributed by atoms with E-state index < -0.39 is 17.3 Å². The number of primary amides is 1. The van der Waals surface area contributed by atoms with Crippen molar-refractivity contribution in [2.24, 2.45) is 16.0 Å². The van der Waals surface area contributed by atoms with Crippen LogP contribution in [-0.4, -0.2) is 28.2 Å². The fraction of sp³-hybridized carbons (Fsp3) is 0.250. The van der Waals surface area contributed by atoms with Gasteiger partial charge in [-0.05, 0) is 24.6 Å². The van der Waals surface area contributed by atoms with E-state index in [1.54, 1.807) is 12.1 Å². The average Bonchev–Trinajstić information content (AvgIpc) is 3.39. The number of nitrogens with two attached hydrogens (primary N) is 1. The normalized spacial score (nSPS) is 24.0. The molecule has 4 N–H and O–H groups in total. The molecule has 1 aliphatic carbocycles. The summed E-state index contributed by atoms with van der Waals surface area (Å²) in [7, 11) is 0. The van der Waals surface area contributed by atoms with E-state index in [9.17, 15) is 14.7 Å². The van der Waals surface area contributed by atoms with E-state index >= 15 is 0 Å². The molecule has 2 atom stereocenters. The fourth-order valence-electron chi connectivity index (χ4n) is 2.84. The van der Waals surface area contributed by atoms with Crippen molar-refractivity contribution >= 4 is 17.3 Å². The lowest BCUT2D eigenvalue weighted by Crippen LogP contribution is -2.18. The Balaban J connectivity index is 1.62. The Bertz CT molecular complexity index is 924. The zero-order chi connectivity index (χ0) is 17.0. The number of fused-ring (bicyclic) bond motifs is 1. The first-order valence-corrected chi connectivity index (χ1v) is 7.40. The standard InChI is InChI=1S/C16H14N4O4/c1-6-9(14(17)21)15(22)18-16(23)11(6)20-19-8-4-2-7(3-5-8)10-12-13(10)24-12/h2-5,10,12-13H,1H3,(H2,17,21)(H2,18,22,23). The highest BCUT2D eigenvalue weighted by Crippen LogP contribution is 2.59. The molecule has 1 amide bonds. The molecule has 0 spiro atoms. The summed E-state index contributed by atoms with van der Waals surface area (Å²) in [6.07, 6.45) is 0.783. The Morgan fingerprint density at radius 2 is 1.92 bits per heavy atom. The number of carbonyl (C=O) groups excluding carboxylic acids is 1. The lowest BCUT2D eigenvalue weighted by atomic mass is 10.1. The molecule has 2 heterocycles. The van der Waals surface area contributed by atoms with E-state index in [0.29, 0.717) is 23.8 Å².